The molecule has 64 valence electrons. The van der Waals surface area contributed by atoms with Gasteiger partial charge in [0.2, 0.25) is 0 Å². The molecular weight excluding hydrogens is 134 g/mol. The molecule has 2 fully saturated rings. The first-order valence-corrected chi connectivity index (χ1v) is 4.30. The second-order valence-electron chi connectivity index (χ2n) is 3.48. The van der Waals surface area contributed by atoms with E-state index >= 15 is 0 Å². The second kappa shape index (κ2) is 3.78. The lowest BCUT2D eigenvalue weighted by atomic mass is 10.4. The van der Waals surface area contributed by atoms with Gasteiger partial charge in [-0.25, -0.2) is 0 Å². The summed E-state index contributed by atoms with van der Waals surface area (Å²) in [5.74, 6) is 7.59. The molecule has 2 rings (SSSR count). The number of rotatable bonds is 0. The summed E-state index contributed by atoms with van der Waals surface area (Å²) in [6.45, 7) is 6.40. The molecule has 1 aliphatic carbocycles. The van der Waals surface area contributed by atoms with Crippen molar-refractivity contribution in [3.05, 3.63) is 0 Å². The van der Waals surface area contributed by atoms with Gasteiger partial charge in [0.25, 0.3) is 0 Å². The highest BCUT2D eigenvalue weighted by Gasteiger charge is 2.43. The molecule has 1 heteroatoms. The van der Waals surface area contributed by atoms with Gasteiger partial charge in [0, 0.05) is 14.5 Å². The van der Waals surface area contributed by atoms with Gasteiger partial charge in [-0.1, -0.05) is 0 Å². The van der Waals surface area contributed by atoms with Crippen LogP contribution in [0, 0.1) is 23.7 Å². The lowest BCUT2D eigenvalue weighted by Gasteiger charge is -2.06. The first kappa shape index (κ1) is 8.62. The molecule has 0 aromatic rings. The minimum absolute atomic E-state index is 0. The summed E-state index contributed by atoms with van der Waals surface area (Å²) >= 11 is 0. The smallest absolute Gasteiger partial charge is 0.000997 e. The van der Waals surface area contributed by atoms with E-state index in [0.29, 0.717) is 0 Å². The molecular formula is C10H19N. The van der Waals surface area contributed by atoms with Gasteiger partial charge in [0.05, 0.1) is 0 Å². The Kier molecular flexibility index (Phi) is 2.96. The molecule has 1 nitrogen and oxygen atoms in total. The fourth-order valence-corrected chi connectivity index (χ4v) is 1.63. The predicted molar refractivity (Wildman–Crippen MR) is 50.3 cm³/mol. The molecule has 2 unspecified atom stereocenters. The molecule has 0 spiro atoms. The Morgan fingerprint density at radius 1 is 1.18 bits per heavy atom. The molecule has 1 saturated carbocycles. The van der Waals surface area contributed by atoms with Gasteiger partial charge in [0.15, 0.2) is 0 Å². The van der Waals surface area contributed by atoms with Crippen molar-refractivity contribution in [2.45, 2.75) is 20.3 Å². The predicted octanol–water partition coefficient (Wildman–Crippen LogP) is 1.84. The van der Waals surface area contributed by atoms with E-state index in [4.69, 9.17) is 0 Å². The number of likely N-dealkylation sites (tertiary alicyclic amines) is 1. The largest absolute Gasteiger partial charge is 0.306 e. The van der Waals surface area contributed by atoms with E-state index < -0.39 is 0 Å². The van der Waals surface area contributed by atoms with E-state index in [-0.39, 0.29) is 1.43 Å². The van der Waals surface area contributed by atoms with Crippen LogP contribution >= 0.6 is 0 Å². The number of nitrogens with zero attached hydrogens (tertiary/aromatic N) is 1. The summed E-state index contributed by atoms with van der Waals surface area (Å²) in [6, 6.07) is 0. The summed E-state index contributed by atoms with van der Waals surface area (Å²) in [5.41, 5.74) is 0. The molecule has 1 heterocycles. The SMILES string of the molecule is CC#CC.CN1CC2CC2C1.[HH]. The zero-order valence-electron chi connectivity index (χ0n) is 7.72. The molecule has 0 amide bonds. The lowest BCUT2D eigenvalue weighted by Crippen LogP contribution is -2.15. The summed E-state index contributed by atoms with van der Waals surface area (Å²) in [4.78, 5) is 2.43. The average Bonchev–Trinajstić information content (AvgIpc) is 2.61. The van der Waals surface area contributed by atoms with Crippen molar-refractivity contribution in [3.8, 4) is 11.8 Å². The maximum Gasteiger partial charge on any atom is 0.000997 e. The van der Waals surface area contributed by atoms with Crippen molar-refractivity contribution in [3.63, 3.8) is 0 Å². The molecule has 1 saturated heterocycles. The Morgan fingerprint density at radius 2 is 1.64 bits per heavy atom. The second-order valence-corrected chi connectivity index (χ2v) is 3.48. The molecule has 0 aromatic carbocycles. The van der Waals surface area contributed by atoms with Gasteiger partial charge < -0.3 is 4.90 Å². The van der Waals surface area contributed by atoms with E-state index in [1.54, 1.807) is 0 Å². The third kappa shape index (κ3) is 2.55. The van der Waals surface area contributed by atoms with Crippen molar-refractivity contribution in [2.24, 2.45) is 11.8 Å². The summed E-state index contributed by atoms with van der Waals surface area (Å²) < 4.78 is 0. The van der Waals surface area contributed by atoms with Crippen LogP contribution in [0.2, 0.25) is 0 Å². The van der Waals surface area contributed by atoms with Crippen LogP contribution in [0.25, 0.3) is 0 Å². The molecule has 0 bridgehead atoms. The standard InChI is InChI=1S/C6H11N.C4H6.H2/c1-7-3-5-2-6(5)4-7;1-3-4-2;/h5-6H,2-4H2,1H3;1-2H3;1H. The fraction of sp³-hybridized carbons (Fsp3) is 0.800. The zero-order chi connectivity index (χ0) is 8.27. The van der Waals surface area contributed by atoms with E-state index in [9.17, 15) is 0 Å². The molecule has 11 heavy (non-hydrogen) atoms. The van der Waals surface area contributed by atoms with E-state index in [0.717, 1.165) is 11.8 Å². The third-order valence-electron chi connectivity index (χ3n) is 2.41. The Balaban J connectivity index is 0.000000217. The minimum Gasteiger partial charge on any atom is -0.306 e. The van der Waals surface area contributed by atoms with Crippen LogP contribution in [-0.4, -0.2) is 25.0 Å². The monoisotopic (exact) mass is 153 g/mol. The maximum absolute atomic E-state index is 2.68. The van der Waals surface area contributed by atoms with Crippen LogP contribution in [0.5, 0.6) is 0 Å². The van der Waals surface area contributed by atoms with Gasteiger partial charge in [-0.3, -0.25) is 0 Å². The molecule has 1 aliphatic heterocycles. The van der Waals surface area contributed by atoms with Crippen LogP contribution < -0.4 is 0 Å². The Morgan fingerprint density at radius 3 is 1.82 bits per heavy atom. The van der Waals surface area contributed by atoms with Gasteiger partial charge in [0.1, 0.15) is 0 Å². The van der Waals surface area contributed by atoms with Crippen molar-refractivity contribution in [1.82, 2.24) is 4.90 Å². The molecule has 2 aliphatic rings. The Bertz CT molecular complexity index is 164. The average molecular weight is 153 g/mol. The van der Waals surface area contributed by atoms with Gasteiger partial charge in [-0.15, -0.1) is 11.8 Å². The maximum atomic E-state index is 2.68. The Hall–Kier alpha value is -0.480. The van der Waals surface area contributed by atoms with Gasteiger partial charge in [-0.2, -0.15) is 0 Å². The highest BCUT2D eigenvalue weighted by atomic mass is 15.1. The number of fused-ring (bicyclic) bond motifs is 1. The highest BCUT2D eigenvalue weighted by Crippen LogP contribution is 2.43. The van der Waals surface area contributed by atoms with E-state index in [1.165, 1.54) is 19.5 Å². The fourth-order valence-electron chi connectivity index (χ4n) is 1.63. The lowest BCUT2D eigenvalue weighted by molar-refractivity contribution is 0.373. The topological polar surface area (TPSA) is 3.24 Å². The Labute approximate surface area is 71.3 Å². The molecule has 0 radical (unpaired) electrons. The van der Waals surface area contributed by atoms with E-state index in [2.05, 4.69) is 23.8 Å². The van der Waals surface area contributed by atoms with Gasteiger partial charge >= 0.3 is 0 Å². The molecule has 0 N–H and O–H groups in total. The summed E-state index contributed by atoms with van der Waals surface area (Å²) in [6.07, 6.45) is 1.53. The van der Waals surface area contributed by atoms with E-state index in [1.807, 2.05) is 13.8 Å². The first-order chi connectivity index (χ1) is 5.27. The van der Waals surface area contributed by atoms with Crippen LogP contribution in [0.15, 0.2) is 0 Å². The number of hydrogen-bond acceptors (Lipinski definition) is 1. The number of piperidine rings is 1. The van der Waals surface area contributed by atoms with Crippen molar-refractivity contribution < 1.29 is 1.43 Å². The first-order valence-electron chi connectivity index (χ1n) is 4.30. The summed E-state index contributed by atoms with van der Waals surface area (Å²) in [5, 5.41) is 0. The van der Waals surface area contributed by atoms with Crippen LogP contribution in [0.1, 0.15) is 21.7 Å². The normalized spacial score (nSPS) is 32.6. The van der Waals surface area contributed by atoms with Crippen molar-refractivity contribution in [1.29, 1.82) is 0 Å². The highest BCUT2D eigenvalue weighted by molar-refractivity contribution is 4.95. The minimum atomic E-state index is 0. The van der Waals surface area contributed by atoms with Crippen LogP contribution in [-0.2, 0) is 0 Å². The quantitative estimate of drug-likeness (QED) is 0.480. The number of hydrogen-bond donors (Lipinski definition) is 0. The van der Waals surface area contributed by atoms with Crippen molar-refractivity contribution in [2.75, 3.05) is 20.1 Å². The van der Waals surface area contributed by atoms with Crippen LogP contribution in [0.4, 0.5) is 0 Å². The molecule has 2 atom stereocenters. The third-order valence-corrected chi connectivity index (χ3v) is 2.41. The van der Waals surface area contributed by atoms with Crippen molar-refractivity contribution >= 4 is 0 Å². The van der Waals surface area contributed by atoms with Crippen LogP contribution in [0.3, 0.4) is 0 Å². The van der Waals surface area contributed by atoms with Gasteiger partial charge in [-0.05, 0) is 39.2 Å². The zero-order valence-corrected chi connectivity index (χ0v) is 7.72. The summed E-state index contributed by atoms with van der Waals surface area (Å²) in [7, 11) is 2.21. The molecule has 0 aromatic heterocycles.